The fourth-order valence-corrected chi connectivity index (χ4v) is 2.65. The van der Waals surface area contributed by atoms with E-state index in [2.05, 4.69) is 17.6 Å². The summed E-state index contributed by atoms with van der Waals surface area (Å²) in [5, 5.41) is 6.32. The molecule has 0 aromatic heterocycles. The van der Waals surface area contributed by atoms with Crippen molar-refractivity contribution in [3.8, 4) is 0 Å². The van der Waals surface area contributed by atoms with Crippen molar-refractivity contribution in [1.29, 1.82) is 0 Å². The van der Waals surface area contributed by atoms with E-state index in [-0.39, 0.29) is 12.0 Å². The summed E-state index contributed by atoms with van der Waals surface area (Å²) in [6.45, 7) is 5.49. The van der Waals surface area contributed by atoms with Crippen LogP contribution in [-0.2, 0) is 9.53 Å². The van der Waals surface area contributed by atoms with Crippen LogP contribution in [0.1, 0.15) is 39.0 Å². The lowest BCUT2D eigenvalue weighted by molar-refractivity contribution is -0.125. The molecule has 0 aromatic carbocycles. The van der Waals surface area contributed by atoms with Gasteiger partial charge in [0, 0.05) is 19.6 Å². The molecule has 1 aliphatic heterocycles. The minimum absolute atomic E-state index is 0.0581. The van der Waals surface area contributed by atoms with Crippen LogP contribution in [0.2, 0.25) is 0 Å². The summed E-state index contributed by atoms with van der Waals surface area (Å²) in [5.41, 5.74) is 0.404. The van der Waals surface area contributed by atoms with Crippen molar-refractivity contribution in [3.05, 3.63) is 0 Å². The van der Waals surface area contributed by atoms with Gasteiger partial charge >= 0.3 is 0 Å². The van der Waals surface area contributed by atoms with Crippen molar-refractivity contribution in [3.63, 3.8) is 0 Å². The molecule has 0 radical (unpaired) electrons. The third-order valence-corrected chi connectivity index (χ3v) is 4.24. The van der Waals surface area contributed by atoms with Crippen LogP contribution in [0.3, 0.4) is 0 Å². The van der Waals surface area contributed by atoms with Gasteiger partial charge in [0.2, 0.25) is 5.91 Å². The highest BCUT2D eigenvalue weighted by Gasteiger charge is 2.35. The predicted molar refractivity (Wildman–Crippen MR) is 66.8 cm³/mol. The SMILES string of the molecule is CCC1(CNC(=O)CC2CNCCO2)CCC1. The molecule has 0 spiro atoms. The lowest BCUT2D eigenvalue weighted by Crippen LogP contribution is -2.45. The molecule has 0 aromatic rings. The normalized spacial score (nSPS) is 27.2. The van der Waals surface area contributed by atoms with Crippen molar-refractivity contribution < 1.29 is 9.53 Å². The van der Waals surface area contributed by atoms with E-state index < -0.39 is 0 Å². The van der Waals surface area contributed by atoms with Crippen LogP contribution in [-0.4, -0.2) is 38.3 Å². The maximum absolute atomic E-state index is 11.8. The molecular weight excluding hydrogens is 216 g/mol. The predicted octanol–water partition coefficient (Wildman–Crippen LogP) is 1.06. The van der Waals surface area contributed by atoms with Gasteiger partial charge in [-0.3, -0.25) is 4.79 Å². The molecule has 2 fully saturated rings. The molecule has 1 atom stereocenters. The Kier molecular flexibility index (Phi) is 4.40. The Hall–Kier alpha value is -0.610. The summed E-state index contributed by atoms with van der Waals surface area (Å²) >= 11 is 0. The highest BCUT2D eigenvalue weighted by Crippen LogP contribution is 2.42. The second-order valence-corrected chi connectivity index (χ2v) is 5.38. The van der Waals surface area contributed by atoms with E-state index in [1.54, 1.807) is 0 Å². The first kappa shape index (κ1) is 12.8. The van der Waals surface area contributed by atoms with Crippen LogP contribution in [0.15, 0.2) is 0 Å². The Balaban J connectivity index is 1.66. The summed E-state index contributed by atoms with van der Waals surface area (Å²) in [6, 6.07) is 0. The average molecular weight is 240 g/mol. The lowest BCUT2D eigenvalue weighted by atomic mass is 9.67. The van der Waals surface area contributed by atoms with Gasteiger partial charge in [-0.25, -0.2) is 0 Å². The molecule has 1 amide bonds. The van der Waals surface area contributed by atoms with Gasteiger partial charge < -0.3 is 15.4 Å². The van der Waals surface area contributed by atoms with Crippen LogP contribution in [0, 0.1) is 5.41 Å². The zero-order valence-corrected chi connectivity index (χ0v) is 10.8. The highest BCUT2D eigenvalue weighted by molar-refractivity contribution is 5.76. The average Bonchev–Trinajstić information content (AvgIpc) is 2.29. The van der Waals surface area contributed by atoms with Gasteiger partial charge in [0.15, 0.2) is 0 Å². The van der Waals surface area contributed by atoms with Gasteiger partial charge in [-0.1, -0.05) is 13.3 Å². The zero-order chi connectivity index (χ0) is 12.1. The molecule has 1 unspecified atom stereocenters. The van der Waals surface area contributed by atoms with Gasteiger partial charge in [-0.2, -0.15) is 0 Å². The number of carbonyl (C=O) groups excluding carboxylic acids is 1. The van der Waals surface area contributed by atoms with E-state index in [9.17, 15) is 4.79 Å². The minimum atomic E-state index is 0.0581. The summed E-state index contributed by atoms with van der Waals surface area (Å²) < 4.78 is 5.52. The number of amides is 1. The molecule has 98 valence electrons. The molecule has 2 N–H and O–H groups in total. The monoisotopic (exact) mass is 240 g/mol. The molecule has 17 heavy (non-hydrogen) atoms. The fourth-order valence-electron chi connectivity index (χ4n) is 2.65. The number of rotatable bonds is 5. The van der Waals surface area contributed by atoms with Crippen molar-refractivity contribution >= 4 is 5.91 Å². The van der Waals surface area contributed by atoms with Gasteiger partial charge in [-0.05, 0) is 24.7 Å². The third kappa shape index (κ3) is 3.42. The van der Waals surface area contributed by atoms with Crippen LogP contribution in [0.4, 0.5) is 0 Å². The van der Waals surface area contributed by atoms with E-state index in [4.69, 9.17) is 4.74 Å². The Morgan fingerprint density at radius 3 is 2.88 bits per heavy atom. The van der Waals surface area contributed by atoms with Crippen LogP contribution < -0.4 is 10.6 Å². The van der Waals surface area contributed by atoms with Crippen LogP contribution >= 0.6 is 0 Å². The van der Waals surface area contributed by atoms with E-state index in [0.717, 1.165) is 26.2 Å². The maximum atomic E-state index is 11.8. The number of nitrogens with one attached hydrogen (secondary N) is 2. The Morgan fingerprint density at radius 2 is 2.35 bits per heavy atom. The van der Waals surface area contributed by atoms with Gasteiger partial charge in [0.1, 0.15) is 0 Å². The number of carbonyl (C=O) groups is 1. The second-order valence-electron chi connectivity index (χ2n) is 5.38. The topological polar surface area (TPSA) is 50.4 Å². The maximum Gasteiger partial charge on any atom is 0.222 e. The first-order valence-electron chi connectivity index (χ1n) is 6.83. The fraction of sp³-hybridized carbons (Fsp3) is 0.923. The first-order valence-corrected chi connectivity index (χ1v) is 6.83. The zero-order valence-electron chi connectivity index (χ0n) is 10.8. The van der Waals surface area contributed by atoms with Crippen molar-refractivity contribution in [2.24, 2.45) is 5.41 Å². The second kappa shape index (κ2) is 5.83. The quantitative estimate of drug-likeness (QED) is 0.755. The molecule has 4 nitrogen and oxygen atoms in total. The third-order valence-electron chi connectivity index (χ3n) is 4.24. The molecular formula is C13H24N2O2. The molecule has 2 aliphatic rings. The summed E-state index contributed by atoms with van der Waals surface area (Å²) in [5.74, 6) is 0.137. The van der Waals surface area contributed by atoms with E-state index >= 15 is 0 Å². The van der Waals surface area contributed by atoms with Gasteiger partial charge in [0.25, 0.3) is 0 Å². The van der Waals surface area contributed by atoms with E-state index in [0.29, 0.717) is 11.8 Å². The van der Waals surface area contributed by atoms with Crippen LogP contribution in [0.5, 0.6) is 0 Å². The minimum Gasteiger partial charge on any atom is -0.375 e. The highest BCUT2D eigenvalue weighted by atomic mass is 16.5. The lowest BCUT2D eigenvalue weighted by Gasteiger charge is -2.41. The molecule has 2 rings (SSSR count). The standard InChI is InChI=1S/C13H24N2O2/c1-2-13(4-3-5-13)10-15-12(16)8-11-9-14-6-7-17-11/h11,14H,2-10H2,1H3,(H,15,16). The molecule has 1 aliphatic carbocycles. The molecule has 1 heterocycles. The molecule has 1 saturated heterocycles. The van der Waals surface area contributed by atoms with Crippen molar-refractivity contribution in [1.82, 2.24) is 10.6 Å². The molecule has 4 heteroatoms. The summed E-state index contributed by atoms with van der Waals surface area (Å²) in [7, 11) is 0. The number of ether oxygens (including phenoxy) is 1. The number of hydrogen-bond donors (Lipinski definition) is 2. The Labute approximate surface area is 103 Å². The Morgan fingerprint density at radius 1 is 1.53 bits per heavy atom. The number of hydrogen-bond acceptors (Lipinski definition) is 3. The first-order chi connectivity index (χ1) is 8.24. The van der Waals surface area contributed by atoms with E-state index in [1.807, 2.05) is 0 Å². The number of morpholine rings is 1. The van der Waals surface area contributed by atoms with Crippen LogP contribution in [0.25, 0.3) is 0 Å². The smallest absolute Gasteiger partial charge is 0.222 e. The largest absolute Gasteiger partial charge is 0.375 e. The van der Waals surface area contributed by atoms with Gasteiger partial charge in [-0.15, -0.1) is 0 Å². The van der Waals surface area contributed by atoms with Gasteiger partial charge in [0.05, 0.1) is 19.1 Å². The van der Waals surface area contributed by atoms with E-state index in [1.165, 1.54) is 25.7 Å². The summed E-state index contributed by atoms with van der Waals surface area (Å²) in [4.78, 5) is 11.8. The summed E-state index contributed by atoms with van der Waals surface area (Å²) in [6.07, 6.45) is 5.58. The van der Waals surface area contributed by atoms with Crippen molar-refractivity contribution in [2.45, 2.75) is 45.1 Å². The molecule has 0 bridgehead atoms. The van der Waals surface area contributed by atoms with Crippen molar-refractivity contribution in [2.75, 3.05) is 26.2 Å². The Bertz CT molecular complexity index is 253. The molecule has 1 saturated carbocycles.